The van der Waals surface area contributed by atoms with Crippen molar-refractivity contribution in [3.05, 3.63) is 27.8 Å². The van der Waals surface area contributed by atoms with Gasteiger partial charge >= 0.3 is 0 Å². The summed E-state index contributed by atoms with van der Waals surface area (Å²) in [5.74, 6) is 0. The van der Waals surface area contributed by atoms with Crippen molar-refractivity contribution in [1.82, 2.24) is 0 Å². The lowest BCUT2D eigenvalue weighted by Crippen LogP contribution is -2.34. The summed E-state index contributed by atoms with van der Waals surface area (Å²) in [7, 11) is 0. The normalized spacial score (nSPS) is 24.6. The van der Waals surface area contributed by atoms with Crippen molar-refractivity contribution in [2.24, 2.45) is 0 Å². The molecule has 2 atom stereocenters. The van der Waals surface area contributed by atoms with E-state index in [4.69, 9.17) is 4.74 Å². The van der Waals surface area contributed by atoms with Crippen LogP contribution < -0.4 is 5.32 Å². The minimum Gasteiger partial charge on any atom is -0.381 e. The molecule has 0 aromatic heterocycles. The van der Waals surface area contributed by atoms with Crippen molar-refractivity contribution in [3.8, 4) is 0 Å². The molecule has 1 aromatic carbocycles. The van der Waals surface area contributed by atoms with Crippen LogP contribution in [0.5, 0.6) is 0 Å². The first-order valence-corrected chi connectivity index (χ1v) is 7.50. The molecule has 0 amide bonds. The highest BCUT2D eigenvalue weighted by Crippen LogP contribution is 2.24. The Morgan fingerprint density at radius 3 is 3.00 bits per heavy atom. The zero-order valence-electron chi connectivity index (χ0n) is 10.3. The summed E-state index contributed by atoms with van der Waals surface area (Å²) in [5.41, 5.74) is 1.26. The van der Waals surface area contributed by atoms with Crippen molar-refractivity contribution >= 4 is 28.3 Å². The van der Waals surface area contributed by atoms with Gasteiger partial charge in [0.1, 0.15) is 0 Å². The maximum Gasteiger partial charge on any atom is 0.0594 e. The van der Waals surface area contributed by atoms with E-state index in [0.717, 1.165) is 19.4 Å². The fraction of sp³-hybridized carbons (Fsp3) is 0.571. The second kappa shape index (κ2) is 6.59. The van der Waals surface area contributed by atoms with E-state index in [1.807, 2.05) is 0 Å². The van der Waals surface area contributed by atoms with Gasteiger partial charge in [0.15, 0.2) is 0 Å². The quantitative estimate of drug-likeness (QED) is 0.832. The number of nitrogens with one attached hydrogen (secondary N) is 1. The Morgan fingerprint density at radius 2 is 2.24 bits per heavy atom. The molecule has 3 heteroatoms. The van der Waals surface area contributed by atoms with Gasteiger partial charge in [-0.2, -0.15) is 0 Å². The van der Waals surface area contributed by atoms with Crippen LogP contribution in [0.15, 0.2) is 24.3 Å². The smallest absolute Gasteiger partial charge is 0.0594 e. The Balaban J connectivity index is 1.92. The molecule has 1 fully saturated rings. The van der Waals surface area contributed by atoms with Crippen LogP contribution in [0.25, 0.3) is 0 Å². The van der Waals surface area contributed by atoms with Gasteiger partial charge in [-0.15, -0.1) is 0 Å². The minimum absolute atomic E-state index is 0.452. The lowest BCUT2D eigenvalue weighted by atomic mass is 10.00. The molecule has 0 radical (unpaired) electrons. The molecule has 0 aliphatic carbocycles. The number of hydrogen-bond donors (Lipinski definition) is 1. The zero-order chi connectivity index (χ0) is 12.1. The van der Waals surface area contributed by atoms with Crippen molar-refractivity contribution in [3.63, 3.8) is 0 Å². The molecule has 94 valence electrons. The second-order valence-electron chi connectivity index (χ2n) is 4.63. The van der Waals surface area contributed by atoms with E-state index < -0.39 is 0 Å². The van der Waals surface area contributed by atoms with Crippen molar-refractivity contribution in [2.45, 2.75) is 44.8 Å². The van der Waals surface area contributed by atoms with Gasteiger partial charge in [-0.05, 0) is 54.0 Å². The van der Waals surface area contributed by atoms with Crippen molar-refractivity contribution in [1.29, 1.82) is 0 Å². The SMILES string of the molecule is CCCC1CC(Nc2ccccc2I)CCO1. The summed E-state index contributed by atoms with van der Waals surface area (Å²) < 4.78 is 7.07. The number of rotatable bonds is 4. The van der Waals surface area contributed by atoms with E-state index in [0.29, 0.717) is 12.1 Å². The van der Waals surface area contributed by atoms with Crippen LogP contribution >= 0.6 is 22.6 Å². The first-order valence-electron chi connectivity index (χ1n) is 6.42. The summed E-state index contributed by atoms with van der Waals surface area (Å²) in [6, 6.07) is 9.04. The van der Waals surface area contributed by atoms with Gasteiger partial charge < -0.3 is 10.1 Å². The Bertz CT molecular complexity index is 354. The predicted molar refractivity (Wildman–Crippen MR) is 80.5 cm³/mol. The van der Waals surface area contributed by atoms with Gasteiger partial charge in [0.25, 0.3) is 0 Å². The lowest BCUT2D eigenvalue weighted by Gasteiger charge is -2.31. The number of benzene rings is 1. The molecule has 2 rings (SSSR count). The highest BCUT2D eigenvalue weighted by atomic mass is 127. The Hall–Kier alpha value is -0.290. The van der Waals surface area contributed by atoms with Gasteiger partial charge in [-0.25, -0.2) is 0 Å². The average Bonchev–Trinajstić information content (AvgIpc) is 2.33. The number of halogens is 1. The molecule has 1 N–H and O–H groups in total. The Morgan fingerprint density at radius 1 is 1.41 bits per heavy atom. The largest absolute Gasteiger partial charge is 0.381 e. The summed E-state index contributed by atoms with van der Waals surface area (Å²) in [5, 5.41) is 3.65. The fourth-order valence-electron chi connectivity index (χ4n) is 2.33. The summed E-state index contributed by atoms with van der Waals surface area (Å²) in [4.78, 5) is 0. The first kappa shape index (κ1) is 13.1. The highest BCUT2D eigenvalue weighted by Gasteiger charge is 2.22. The Kier molecular flexibility index (Phi) is 5.10. The number of ether oxygens (including phenoxy) is 1. The van der Waals surface area contributed by atoms with E-state index in [1.54, 1.807) is 0 Å². The predicted octanol–water partition coefficient (Wildman–Crippen LogP) is 4.05. The molecule has 0 saturated carbocycles. The van der Waals surface area contributed by atoms with E-state index in [-0.39, 0.29) is 0 Å². The molecule has 2 unspecified atom stereocenters. The molecule has 0 bridgehead atoms. The summed E-state index contributed by atoms with van der Waals surface area (Å²) in [6.45, 7) is 3.12. The van der Waals surface area contributed by atoms with Crippen LogP contribution in [0.2, 0.25) is 0 Å². The molecule has 0 spiro atoms. The van der Waals surface area contributed by atoms with E-state index >= 15 is 0 Å². The highest BCUT2D eigenvalue weighted by molar-refractivity contribution is 14.1. The number of para-hydroxylation sites is 1. The van der Waals surface area contributed by atoms with Crippen LogP contribution in [0.1, 0.15) is 32.6 Å². The maximum atomic E-state index is 5.77. The summed E-state index contributed by atoms with van der Waals surface area (Å²) >= 11 is 2.38. The van der Waals surface area contributed by atoms with Gasteiger partial charge in [0, 0.05) is 21.9 Å². The molecule has 1 heterocycles. The molecule has 1 aromatic rings. The molecule has 2 nitrogen and oxygen atoms in total. The average molecular weight is 345 g/mol. The van der Waals surface area contributed by atoms with Crippen LogP contribution in [-0.4, -0.2) is 18.8 Å². The van der Waals surface area contributed by atoms with Crippen molar-refractivity contribution < 1.29 is 4.74 Å². The molecule has 1 aliphatic heterocycles. The molecular formula is C14H20INO. The zero-order valence-corrected chi connectivity index (χ0v) is 12.4. The van der Waals surface area contributed by atoms with E-state index in [9.17, 15) is 0 Å². The molecular weight excluding hydrogens is 325 g/mol. The standard InChI is InChI=1S/C14H20INO/c1-2-5-12-10-11(8-9-17-12)16-14-7-4-3-6-13(14)15/h3-4,6-7,11-12,16H,2,5,8-10H2,1H3. The first-order chi connectivity index (χ1) is 8.29. The number of hydrogen-bond acceptors (Lipinski definition) is 2. The van der Waals surface area contributed by atoms with Crippen LogP contribution in [-0.2, 0) is 4.74 Å². The molecule has 1 aliphatic rings. The van der Waals surface area contributed by atoms with Crippen molar-refractivity contribution in [2.75, 3.05) is 11.9 Å². The van der Waals surface area contributed by atoms with Gasteiger partial charge in [-0.1, -0.05) is 25.5 Å². The van der Waals surface area contributed by atoms with E-state index in [2.05, 4.69) is 59.1 Å². The fourth-order valence-corrected chi connectivity index (χ4v) is 2.88. The van der Waals surface area contributed by atoms with E-state index in [1.165, 1.54) is 22.1 Å². The van der Waals surface area contributed by atoms with Gasteiger partial charge in [0.2, 0.25) is 0 Å². The third-order valence-electron chi connectivity index (χ3n) is 3.21. The molecule has 17 heavy (non-hydrogen) atoms. The topological polar surface area (TPSA) is 21.3 Å². The lowest BCUT2D eigenvalue weighted by molar-refractivity contribution is 0.00597. The second-order valence-corrected chi connectivity index (χ2v) is 5.79. The van der Waals surface area contributed by atoms with Gasteiger partial charge in [0.05, 0.1) is 6.10 Å². The third kappa shape index (κ3) is 3.85. The molecule has 1 saturated heterocycles. The van der Waals surface area contributed by atoms with Crippen LogP contribution in [0.4, 0.5) is 5.69 Å². The third-order valence-corrected chi connectivity index (χ3v) is 4.15. The number of anilines is 1. The van der Waals surface area contributed by atoms with Crippen LogP contribution in [0, 0.1) is 3.57 Å². The Labute approximate surface area is 117 Å². The maximum absolute atomic E-state index is 5.77. The minimum atomic E-state index is 0.452. The van der Waals surface area contributed by atoms with Crippen LogP contribution in [0.3, 0.4) is 0 Å². The monoisotopic (exact) mass is 345 g/mol. The summed E-state index contributed by atoms with van der Waals surface area (Å²) in [6.07, 6.45) is 5.10. The van der Waals surface area contributed by atoms with Gasteiger partial charge in [-0.3, -0.25) is 0 Å².